The Kier molecular flexibility index (Phi) is 5.76. The van der Waals surface area contributed by atoms with Crippen molar-refractivity contribution in [1.82, 2.24) is 9.80 Å². The molecule has 2 amide bonds. The van der Waals surface area contributed by atoms with E-state index < -0.39 is 0 Å². The van der Waals surface area contributed by atoms with Gasteiger partial charge in [0.25, 0.3) is 5.91 Å². The number of likely N-dealkylation sites (tertiary alicyclic amines) is 2. The van der Waals surface area contributed by atoms with E-state index in [1.54, 1.807) is 23.1 Å². The van der Waals surface area contributed by atoms with Crippen molar-refractivity contribution >= 4 is 23.4 Å². The number of halogens is 1. The van der Waals surface area contributed by atoms with Crippen molar-refractivity contribution in [1.29, 1.82) is 0 Å². The zero-order valence-corrected chi connectivity index (χ0v) is 16.5. The molecule has 0 radical (unpaired) electrons. The topological polar surface area (TPSA) is 49.9 Å². The van der Waals surface area contributed by atoms with Crippen molar-refractivity contribution in [3.05, 3.63) is 28.8 Å². The molecule has 6 heteroatoms. The molecule has 0 bridgehead atoms. The number of carbonyl (C=O) groups is 2. The van der Waals surface area contributed by atoms with E-state index >= 15 is 0 Å². The van der Waals surface area contributed by atoms with Crippen LogP contribution in [-0.4, -0.2) is 54.4 Å². The van der Waals surface area contributed by atoms with E-state index in [4.69, 9.17) is 16.3 Å². The highest BCUT2D eigenvalue weighted by Gasteiger charge is 2.39. The molecule has 0 N–H and O–H groups in total. The Hall–Kier alpha value is -1.75. The molecule has 1 aromatic carbocycles. The summed E-state index contributed by atoms with van der Waals surface area (Å²) in [6.45, 7) is 6.52. The summed E-state index contributed by atoms with van der Waals surface area (Å²) in [4.78, 5) is 29.9. The van der Waals surface area contributed by atoms with Gasteiger partial charge in [0.2, 0.25) is 5.91 Å². The Bertz CT molecular complexity index is 684. The molecule has 3 rings (SSSR count). The van der Waals surface area contributed by atoms with Gasteiger partial charge in [-0.3, -0.25) is 9.59 Å². The van der Waals surface area contributed by atoms with Crippen molar-refractivity contribution in [2.45, 2.75) is 39.2 Å². The van der Waals surface area contributed by atoms with Gasteiger partial charge in [0.1, 0.15) is 11.8 Å². The fraction of sp³-hybridized carbons (Fsp3) is 0.600. The van der Waals surface area contributed by atoms with E-state index in [1.807, 2.05) is 4.90 Å². The molecule has 0 spiro atoms. The number of nitrogens with zero attached hydrogens (tertiary/aromatic N) is 2. The number of benzene rings is 1. The lowest BCUT2D eigenvalue weighted by atomic mass is 9.91. The number of carbonyl (C=O) groups excluding carboxylic acids is 2. The van der Waals surface area contributed by atoms with E-state index in [0.717, 1.165) is 25.9 Å². The van der Waals surface area contributed by atoms with E-state index in [2.05, 4.69) is 13.8 Å². The van der Waals surface area contributed by atoms with Gasteiger partial charge in [-0.2, -0.15) is 0 Å². The summed E-state index contributed by atoms with van der Waals surface area (Å²) in [5, 5.41) is 0.481. The summed E-state index contributed by atoms with van der Waals surface area (Å²) in [5.41, 5.74) is 0.417. The van der Waals surface area contributed by atoms with Gasteiger partial charge in [-0.05, 0) is 49.3 Å². The maximum atomic E-state index is 13.1. The molecular weight excluding hydrogens is 352 g/mol. The number of hydrogen-bond acceptors (Lipinski definition) is 3. The first-order valence-electron chi connectivity index (χ1n) is 9.34. The van der Waals surface area contributed by atoms with Gasteiger partial charge in [-0.15, -0.1) is 0 Å². The molecule has 26 heavy (non-hydrogen) atoms. The second-order valence-electron chi connectivity index (χ2n) is 7.69. The third-order valence-corrected chi connectivity index (χ3v) is 5.61. The van der Waals surface area contributed by atoms with Crippen LogP contribution in [0.15, 0.2) is 18.2 Å². The van der Waals surface area contributed by atoms with Crippen LogP contribution in [0.25, 0.3) is 0 Å². The normalized spacial score (nSPS) is 26.1. The SMILES string of the molecule is COc1ccc(Cl)cc1C(=O)N1CCC[C@@H]1C(=O)N1C[C@H](C)C[C@H](C)C1. The number of methoxy groups -OCH3 is 1. The van der Waals surface area contributed by atoms with Crippen molar-refractivity contribution in [2.75, 3.05) is 26.7 Å². The third kappa shape index (κ3) is 3.83. The van der Waals surface area contributed by atoms with Crippen LogP contribution in [0, 0.1) is 11.8 Å². The number of piperidine rings is 1. The fourth-order valence-electron chi connectivity index (χ4n) is 4.32. The number of amides is 2. The van der Waals surface area contributed by atoms with Crippen molar-refractivity contribution in [3.63, 3.8) is 0 Å². The molecule has 142 valence electrons. The van der Waals surface area contributed by atoms with E-state index in [0.29, 0.717) is 41.1 Å². The first-order valence-corrected chi connectivity index (χ1v) is 9.71. The average molecular weight is 379 g/mol. The predicted octanol–water partition coefficient (Wildman–Crippen LogP) is 3.46. The number of hydrogen-bond donors (Lipinski definition) is 0. The molecule has 5 nitrogen and oxygen atoms in total. The van der Waals surface area contributed by atoms with Gasteiger partial charge in [-0.25, -0.2) is 0 Å². The minimum absolute atomic E-state index is 0.0789. The fourth-order valence-corrected chi connectivity index (χ4v) is 4.49. The standard InChI is InChI=1S/C20H27ClN2O3/c1-13-9-14(2)12-22(11-13)20(25)17-5-4-8-23(17)19(24)16-10-15(21)6-7-18(16)26-3/h6-7,10,13-14,17H,4-5,8-9,11-12H2,1-3H3/t13-,14+,17-/m1/s1. The molecular formula is C20H27ClN2O3. The van der Waals surface area contributed by atoms with Crippen LogP contribution in [0.4, 0.5) is 0 Å². The first kappa shape index (κ1) is 19.0. The molecule has 0 aromatic heterocycles. The highest BCUT2D eigenvalue weighted by atomic mass is 35.5. The second kappa shape index (κ2) is 7.87. The molecule has 0 unspecified atom stereocenters. The minimum atomic E-state index is -0.385. The zero-order chi connectivity index (χ0) is 18.8. The van der Waals surface area contributed by atoms with Crippen LogP contribution >= 0.6 is 11.6 Å². The Balaban J connectivity index is 1.81. The van der Waals surface area contributed by atoms with E-state index in [-0.39, 0.29) is 17.9 Å². The Morgan fingerprint density at radius 3 is 2.54 bits per heavy atom. The summed E-state index contributed by atoms with van der Waals surface area (Å²) in [6, 6.07) is 4.62. The Morgan fingerprint density at radius 1 is 1.19 bits per heavy atom. The second-order valence-corrected chi connectivity index (χ2v) is 8.13. The van der Waals surface area contributed by atoms with Gasteiger partial charge in [-0.1, -0.05) is 25.4 Å². The Morgan fingerprint density at radius 2 is 1.88 bits per heavy atom. The number of ether oxygens (including phenoxy) is 1. The lowest BCUT2D eigenvalue weighted by Gasteiger charge is -2.38. The molecule has 0 aliphatic carbocycles. The van der Waals surface area contributed by atoms with Gasteiger partial charge in [0.15, 0.2) is 0 Å². The molecule has 2 fully saturated rings. The first-order chi connectivity index (χ1) is 12.4. The maximum Gasteiger partial charge on any atom is 0.258 e. The van der Waals surface area contributed by atoms with Crippen molar-refractivity contribution in [2.24, 2.45) is 11.8 Å². The summed E-state index contributed by atoms with van der Waals surface area (Å²) in [5.74, 6) is 1.38. The van der Waals surface area contributed by atoms with Crippen molar-refractivity contribution < 1.29 is 14.3 Å². The largest absolute Gasteiger partial charge is 0.496 e. The van der Waals surface area contributed by atoms with Gasteiger partial charge in [0.05, 0.1) is 12.7 Å². The molecule has 1 aromatic rings. The predicted molar refractivity (Wildman–Crippen MR) is 102 cm³/mol. The van der Waals surface area contributed by atoms with Crippen LogP contribution in [-0.2, 0) is 4.79 Å². The highest BCUT2D eigenvalue weighted by molar-refractivity contribution is 6.31. The summed E-state index contributed by atoms with van der Waals surface area (Å²) in [6.07, 6.45) is 2.70. The van der Waals surface area contributed by atoms with Crippen LogP contribution in [0.1, 0.15) is 43.5 Å². The molecule has 2 aliphatic rings. The molecule has 3 atom stereocenters. The van der Waals surface area contributed by atoms with E-state index in [1.165, 1.54) is 7.11 Å². The minimum Gasteiger partial charge on any atom is -0.496 e. The molecule has 2 aliphatic heterocycles. The average Bonchev–Trinajstić information content (AvgIpc) is 3.09. The highest BCUT2D eigenvalue weighted by Crippen LogP contribution is 2.29. The van der Waals surface area contributed by atoms with Gasteiger partial charge in [0, 0.05) is 24.7 Å². The van der Waals surface area contributed by atoms with Gasteiger partial charge < -0.3 is 14.5 Å². The van der Waals surface area contributed by atoms with Crippen LogP contribution < -0.4 is 4.74 Å². The molecule has 2 saturated heterocycles. The zero-order valence-electron chi connectivity index (χ0n) is 15.7. The molecule has 0 saturated carbocycles. The molecule has 2 heterocycles. The smallest absolute Gasteiger partial charge is 0.258 e. The maximum absolute atomic E-state index is 13.1. The summed E-state index contributed by atoms with van der Waals surface area (Å²) in [7, 11) is 1.53. The number of rotatable bonds is 3. The Labute approximate surface area is 160 Å². The van der Waals surface area contributed by atoms with Crippen LogP contribution in [0.2, 0.25) is 5.02 Å². The summed E-state index contributed by atoms with van der Waals surface area (Å²) < 4.78 is 5.32. The van der Waals surface area contributed by atoms with E-state index in [9.17, 15) is 9.59 Å². The van der Waals surface area contributed by atoms with Gasteiger partial charge >= 0.3 is 0 Å². The quantitative estimate of drug-likeness (QED) is 0.809. The third-order valence-electron chi connectivity index (χ3n) is 5.37. The lowest BCUT2D eigenvalue weighted by molar-refractivity contribution is -0.138. The lowest BCUT2D eigenvalue weighted by Crippen LogP contribution is -2.51. The van der Waals surface area contributed by atoms with Crippen molar-refractivity contribution in [3.8, 4) is 5.75 Å². The monoisotopic (exact) mass is 378 g/mol. The summed E-state index contributed by atoms with van der Waals surface area (Å²) >= 11 is 6.08. The van der Waals surface area contributed by atoms with Crippen LogP contribution in [0.5, 0.6) is 5.75 Å². The van der Waals surface area contributed by atoms with Crippen LogP contribution in [0.3, 0.4) is 0 Å².